The summed E-state index contributed by atoms with van der Waals surface area (Å²) < 4.78 is 16.1. The quantitative estimate of drug-likeness (QED) is 0.780. The van der Waals surface area contributed by atoms with E-state index in [-0.39, 0.29) is 18.2 Å². The summed E-state index contributed by atoms with van der Waals surface area (Å²) in [5.41, 5.74) is 1.47. The molecule has 2 aromatic rings. The fourth-order valence-corrected chi connectivity index (χ4v) is 2.86. The van der Waals surface area contributed by atoms with Crippen LogP contribution in [0.3, 0.4) is 0 Å². The van der Waals surface area contributed by atoms with Crippen molar-refractivity contribution in [2.24, 2.45) is 0 Å². The lowest BCUT2D eigenvalue weighted by molar-refractivity contribution is -0.124. The number of hydrogen-bond acceptors (Lipinski definition) is 5. The maximum atomic E-state index is 12.2. The van der Waals surface area contributed by atoms with Crippen LogP contribution in [0.25, 0.3) is 0 Å². The first-order valence-electron chi connectivity index (χ1n) is 8.65. The Bertz CT molecular complexity index is 837. The van der Waals surface area contributed by atoms with E-state index in [1.54, 1.807) is 38.5 Å². The number of rotatable bonds is 7. The Morgan fingerprint density at radius 2 is 1.93 bits per heavy atom. The third kappa shape index (κ3) is 4.49. The Balaban J connectivity index is 1.49. The monoisotopic (exact) mass is 370 g/mol. The molecular weight excluding hydrogens is 348 g/mol. The highest BCUT2D eigenvalue weighted by molar-refractivity contribution is 5.97. The van der Waals surface area contributed by atoms with Crippen molar-refractivity contribution in [1.29, 1.82) is 0 Å². The van der Waals surface area contributed by atoms with E-state index < -0.39 is 6.10 Å². The smallest absolute Gasteiger partial charge is 0.265 e. The van der Waals surface area contributed by atoms with Crippen molar-refractivity contribution in [2.75, 3.05) is 26.1 Å². The number of para-hydroxylation sites is 2. The van der Waals surface area contributed by atoms with E-state index in [1.807, 2.05) is 18.2 Å². The maximum absolute atomic E-state index is 12.2. The molecule has 3 rings (SSSR count). The maximum Gasteiger partial charge on any atom is 0.265 e. The van der Waals surface area contributed by atoms with E-state index >= 15 is 0 Å². The second-order valence-electron chi connectivity index (χ2n) is 6.10. The van der Waals surface area contributed by atoms with Gasteiger partial charge in [-0.05, 0) is 29.8 Å². The molecule has 7 nitrogen and oxygen atoms in total. The summed E-state index contributed by atoms with van der Waals surface area (Å²) in [6.45, 7) is 0.340. The molecule has 0 spiro atoms. The number of fused-ring (bicyclic) bond motifs is 1. The van der Waals surface area contributed by atoms with Gasteiger partial charge in [-0.25, -0.2) is 0 Å². The summed E-state index contributed by atoms with van der Waals surface area (Å²) in [7, 11) is 3.11. The second kappa shape index (κ2) is 8.44. The lowest BCUT2D eigenvalue weighted by atomic mass is 10.1. The van der Waals surface area contributed by atoms with Crippen LogP contribution in [0.5, 0.6) is 17.2 Å². The molecule has 1 aliphatic heterocycles. The largest absolute Gasteiger partial charge is 0.493 e. The van der Waals surface area contributed by atoms with Gasteiger partial charge in [-0.2, -0.15) is 0 Å². The van der Waals surface area contributed by atoms with E-state index in [0.29, 0.717) is 35.9 Å². The Hall–Kier alpha value is -3.22. The topological polar surface area (TPSA) is 85.9 Å². The number of anilines is 1. The molecule has 2 amide bonds. The molecule has 0 bridgehead atoms. The van der Waals surface area contributed by atoms with Crippen molar-refractivity contribution >= 4 is 17.5 Å². The fraction of sp³-hybridized carbons (Fsp3) is 0.300. The highest BCUT2D eigenvalue weighted by Crippen LogP contribution is 2.29. The highest BCUT2D eigenvalue weighted by atomic mass is 16.5. The molecular formula is C20H22N2O5. The van der Waals surface area contributed by atoms with Crippen LogP contribution >= 0.6 is 0 Å². The van der Waals surface area contributed by atoms with Gasteiger partial charge in [-0.15, -0.1) is 0 Å². The summed E-state index contributed by atoms with van der Waals surface area (Å²) in [6, 6.07) is 12.6. The second-order valence-corrected chi connectivity index (χ2v) is 6.10. The number of hydrogen-bond donors (Lipinski definition) is 2. The van der Waals surface area contributed by atoms with Gasteiger partial charge in [0.1, 0.15) is 5.75 Å². The van der Waals surface area contributed by atoms with Crippen molar-refractivity contribution in [3.05, 3.63) is 48.0 Å². The first-order chi connectivity index (χ1) is 13.1. The first-order valence-corrected chi connectivity index (χ1v) is 8.65. The molecule has 2 N–H and O–H groups in total. The molecule has 1 aliphatic rings. The average molecular weight is 370 g/mol. The Labute approximate surface area is 157 Å². The number of carbonyl (C=O) groups is 2. The van der Waals surface area contributed by atoms with Crippen LogP contribution in [0, 0.1) is 0 Å². The summed E-state index contributed by atoms with van der Waals surface area (Å²) in [5.74, 6) is 1.48. The molecule has 142 valence electrons. The predicted octanol–water partition coefficient (Wildman–Crippen LogP) is 2.15. The van der Waals surface area contributed by atoms with Crippen LogP contribution in [0.1, 0.15) is 12.0 Å². The minimum atomic E-state index is -0.624. The van der Waals surface area contributed by atoms with Crippen LogP contribution < -0.4 is 24.8 Å². The number of ether oxygens (including phenoxy) is 3. The minimum absolute atomic E-state index is 0.140. The van der Waals surface area contributed by atoms with Gasteiger partial charge in [0.25, 0.3) is 5.91 Å². The lowest BCUT2D eigenvalue weighted by Crippen LogP contribution is -2.40. The van der Waals surface area contributed by atoms with Gasteiger partial charge in [0.05, 0.1) is 26.3 Å². The molecule has 1 unspecified atom stereocenters. The molecule has 0 aliphatic carbocycles. The molecule has 1 atom stereocenters. The van der Waals surface area contributed by atoms with Crippen LogP contribution in [-0.4, -0.2) is 38.7 Å². The normalized spacial score (nSPS) is 15.2. The summed E-state index contributed by atoms with van der Waals surface area (Å²) in [4.78, 5) is 24.2. The third-order valence-corrected chi connectivity index (χ3v) is 4.25. The van der Waals surface area contributed by atoms with Gasteiger partial charge >= 0.3 is 0 Å². The van der Waals surface area contributed by atoms with Gasteiger partial charge < -0.3 is 24.8 Å². The molecule has 0 saturated heterocycles. The van der Waals surface area contributed by atoms with Crippen molar-refractivity contribution in [1.82, 2.24) is 5.32 Å². The molecule has 0 saturated carbocycles. The molecule has 7 heteroatoms. The highest BCUT2D eigenvalue weighted by Gasteiger charge is 2.26. The molecule has 0 fully saturated rings. The molecule has 27 heavy (non-hydrogen) atoms. The van der Waals surface area contributed by atoms with Crippen molar-refractivity contribution in [2.45, 2.75) is 18.9 Å². The summed E-state index contributed by atoms with van der Waals surface area (Å²) in [6.07, 6.45) is -0.0278. The fourth-order valence-electron chi connectivity index (χ4n) is 2.86. The number of carbonyl (C=O) groups excluding carboxylic acids is 2. The number of nitrogens with one attached hydrogen (secondary N) is 2. The van der Waals surface area contributed by atoms with Crippen LogP contribution in [-0.2, 0) is 16.0 Å². The van der Waals surface area contributed by atoms with Gasteiger partial charge in [0.2, 0.25) is 5.91 Å². The number of methoxy groups -OCH3 is 2. The van der Waals surface area contributed by atoms with Gasteiger partial charge in [0, 0.05) is 13.0 Å². The van der Waals surface area contributed by atoms with E-state index in [1.165, 1.54) is 0 Å². The third-order valence-electron chi connectivity index (χ3n) is 4.25. The standard InChI is InChI=1S/C20H22N2O5/c1-25-16-8-7-13(11-18(16)26-2)12-19(23)21-10-9-17-20(24)22-14-5-3-4-6-15(14)27-17/h3-8,11,17H,9-10,12H2,1-2H3,(H,21,23)(H,22,24). The SMILES string of the molecule is COc1ccc(CC(=O)NCCC2Oc3ccccc3NC2=O)cc1OC. The van der Waals surface area contributed by atoms with Crippen molar-refractivity contribution < 1.29 is 23.8 Å². The lowest BCUT2D eigenvalue weighted by Gasteiger charge is -2.25. The van der Waals surface area contributed by atoms with E-state index in [2.05, 4.69) is 10.6 Å². The van der Waals surface area contributed by atoms with Crippen LogP contribution in [0.15, 0.2) is 42.5 Å². The summed E-state index contributed by atoms with van der Waals surface area (Å²) >= 11 is 0. The Morgan fingerprint density at radius 3 is 2.70 bits per heavy atom. The van der Waals surface area contributed by atoms with Gasteiger partial charge in [-0.1, -0.05) is 18.2 Å². The zero-order chi connectivity index (χ0) is 19.2. The number of benzene rings is 2. The Kier molecular flexibility index (Phi) is 5.80. The first kappa shape index (κ1) is 18.6. The zero-order valence-corrected chi connectivity index (χ0v) is 15.3. The van der Waals surface area contributed by atoms with Gasteiger partial charge in [-0.3, -0.25) is 9.59 Å². The van der Waals surface area contributed by atoms with E-state index in [0.717, 1.165) is 5.56 Å². The van der Waals surface area contributed by atoms with Crippen LogP contribution in [0.4, 0.5) is 5.69 Å². The molecule has 1 heterocycles. The van der Waals surface area contributed by atoms with E-state index in [4.69, 9.17) is 14.2 Å². The molecule has 0 aromatic heterocycles. The predicted molar refractivity (Wildman–Crippen MR) is 100 cm³/mol. The summed E-state index contributed by atoms with van der Waals surface area (Å²) in [5, 5.41) is 5.63. The van der Waals surface area contributed by atoms with Gasteiger partial charge in [0.15, 0.2) is 17.6 Å². The molecule has 2 aromatic carbocycles. The van der Waals surface area contributed by atoms with E-state index in [9.17, 15) is 9.59 Å². The van der Waals surface area contributed by atoms with Crippen molar-refractivity contribution in [3.8, 4) is 17.2 Å². The molecule has 0 radical (unpaired) electrons. The van der Waals surface area contributed by atoms with Crippen molar-refractivity contribution in [3.63, 3.8) is 0 Å². The Morgan fingerprint density at radius 1 is 1.15 bits per heavy atom. The average Bonchev–Trinajstić information content (AvgIpc) is 2.68. The minimum Gasteiger partial charge on any atom is -0.493 e. The zero-order valence-electron chi connectivity index (χ0n) is 15.3. The van der Waals surface area contributed by atoms with Crippen LogP contribution in [0.2, 0.25) is 0 Å². The number of amides is 2.